The maximum atomic E-state index is 13.2. The second kappa shape index (κ2) is 8.48. The first-order valence-corrected chi connectivity index (χ1v) is 11.0. The van der Waals surface area contributed by atoms with Crippen molar-refractivity contribution in [3.05, 3.63) is 81.6 Å². The molecular formula is C21H15BrFNO6S. The second-order valence-electron chi connectivity index (χ2n) is 6.60. The van der Waals surface area contributed by atoms with Crippen LogP contribution in [0.2, 0.25) is 0 Å². The number of halogens is 2. The van der Waals surface area contributed by atoms with E-state index < -0.39 is 27.8 Å². The molecule has 0 aliphatic rings. The number of aromatic carboxylic acids is 2. The van der Waals surface area contributed by atoms with Gasteiger partial charge >= 0.3 is 11.9 Å². The summed E-state index contributed by atoms with van der Waals surface area (Å²) in [7, 11) is -4.04. The van der Waals surface area contributed by atoms with E-state index >= 15 is 0 Å². The predicted molar refractivity (Wildman–Crippen MR) is 115 cm³/mol. The number of carbonyl (C=O) groups is 2. The van der Waals surface area contributed by atoms with Gasteiger partial charge in [-0.1, -0.05) is 12.1 Å². The van der Waals surface area contributed by atoms with E-state index in [4.69, 9.17) is 0 Å². The first-order chi connectivity index (χ1) is 14.5. The van der Waals surface area contributed by atoms with Crippen molar-refractivity contribution in [2.24, 2.45) is 0 Å². The van der Waals surface area contributed by atoms with Crippen LogP contribution in [-0.4, -0.2) is 30.6 Å². The molecule has 0 radical (unpaired) electrons. The van der Waals surface area contributed by atoms with E-state index in [1.165, 1.54) is 36.4 Å². The lowest BCUT2D eigenvalue weighted by Crippen LogP contribution is -2.13. The minimum absolute atomic E-state index is 0.0151. The summed E-state index contributed by atoms with van der Waals surface area (Å²) in [5, 5.41) is 19.0. The lowest BCUT2D eigenvalue weighted by atomic mass is 9.92. The van der Waals surface area contributed by atoms with E-state index in [2.05, 4.69) is 20.7 Å². The van der Waals surface area contributed by atoms with Gasteiger partial charge in [0.25, 0.3) is 10.0 Å². The molecule has 0 atom stereocenters. The van der Waals surface area contributed by atoms with Gasteiger partial charge in [-0.3, -0.25) is 4.72 Å². The molecule has 0 amide bonds. The molecule has 3 aromatic rings. The summed E-state index contributed by atoms with van der Waals surface area (Å²) >= 11 is 3.02. The molecule has 0 aliphatic heterocycles. The van der Waals surface area contributed by atoms with Crippen LogP contribution in [0, 0.1) is 12.7 Å². The van der Waals surface area contributed by atoms with Gasteiger partial charge in [0, 0.05) is 15.7 Å². The minimum Gasteiger partial charge on any atom is -0.478 e. The molecule has 31 heavy (non-hydrogen) atoms. The van der Waals surface area contributed by atoms with Crippen LogP contribution in [0.1, 0.15) is 26.3 Å². The third-order valence-electron chi connectivity index (χ3n) is 4.35. The molecule has 0 spiro atoms. The normalized spacial score (nSPS) is 11.2. The zero-order valence-electron chi connectivity index (χ0n) is 15.9. The van der Waals surface area contributed by atoms with Crippen molar-refractivity contribution in [3.8, 4) is 11.1 Å². The second-order valence-corrected chi connectivity index (χ2v) is 9.11. The molecule has 160 valence electrons. The molecule has 0 saturated heterocycles. The van der Waals surface area contributed by atoms with Gasteiger partial charge in [0.2, 0.25) is 0 Å². The van der Waals surface area contributed by atoms with Gasteiger partial charge in [-0.15, -0.1) is 0 Å². The van der Waals surface area contributed by atoms with E-state index in [1.807, 2.05) is 0 Å². The van der Waals surface area contributed by atoms with Gasteiger partial charge in [0.1, 0.15) is 10.7 Å². The third kappa shape index (κ3) is 4.75. The number of nitrogens with one attached hydrogen (secondary N) is 1. The van der Waals surface area contributed by atoms with Gasteiger partial charge in [-0.25, -0.2) is 22.4 Å². The summed E-state index contributed by atoms with van der Waals surface area (Å²) in [6, 6.07) is 11.5. The number of carboxylic acid groups (broad SMARTS) is 2. The number of anilines is 1. The minimum atomic E-state index is -4.04. The highest BCUT2D eigenvalue weighted by Crippen LogP contribution is 2.31. The zero-order valence-corrected chi connectivity index (χ0v) is 18.3. The monoisotopic (exact) mass is 507 g/mol. The quantitative estimate of drug-likeness (QED) is 0.442. The summed E-state index contributed by atoms with van der Waals surface area (Å²) in [4.78, 5) is 23.2. The van der Waals surface area contributed by atoms with Gasteiger partial charge in [-0.2, -0.15) is 0 Å². The Balaban J connectivity index is 2.01. The maximum absolute atomic E-state index is 13.2. The standard InChI is InChI=1S/C21H15BrFNO6S/c1-11-8-15(20(25)26)19(16(9-11)21(27)28)12-2-5-14(6-3-12)24-31(29,30)18-7-4-13(23)10-17(18)22/h2-10,24H,1H3,(H,25,26)(H,27,28). The van der Waals surface area contributed by atoms with Crippen LogP contribution in [0.25, 0.3) is 11.1 Å². The average Bonchev–Trinajstić information content (AvgIpc) is 2.67. The van der Waals surface area contributed by atoms with Crippen LogP contribution >= 0.6 is 15.9 Å². The molecule has 3 aromatic carbocycles. The Labute approximate surface area is 185 Å². The topological polar surface area (TPSA) is 121 Å². The van der Waals surface area contributed by atoms with Crippen LogP contribution in [0.3, 0.4) is 0 Å². The third-order valence-corrected chi connectivity index (χ3v) is 6.71. The van der Waals surface area contributed by atoms with Crippen LogP contribution in [-0.2, 0) is 10.0 Å². The van der Waals surface area contributed by atoms with Crippen molar-refractivity contribution in [2.75, 3.05) is 4.72 Å². The fourth-order valence-electron chi connectivity index (χ4n) is 3.04. The van der Waals surface area contributed by atoms with Crippen LogP contribution in [0.5, 0.6) is 0 Å². The largest absolute Gasteiger partial charge is 0.478 e. The number of carboxylic acids is 2. The Morgan fingerprint density at radius 2 is 1.48 bits per heavy atom. The Bertz CT molecular complexity index is 1270. The Morgan fingerprint density at radius 3 is 1.97 bits per heavy atom. The molecule has 7 nitrogen and oxygen atoms in total. The molecule has 0 aliphatic carbocycles. The first kappa shape index (κ1) is 22.4. The number of benzene rings is 3. The number of sulfonamides is 1. The zero-order chi connectivity index (χ0) is 22.9. The van der Waals surface area contributed by atoms with E-state index in [9.17, 15) is 32.6 Å². The van der Waals surface area contributed by atoms with Crippen molar-refractivity contribution in [1.82, 2.24) is 0 Å². The van der Waals surface area contributed by atoms with E-state index in [0.717, 1.165) is 18.2 Å². The fourth-order valence-corrected chi connectivity index (χ4v) is 5.15. The fraction of sp³-hybridized carbons (Fsp3) is 0.0476. The average molecular weight is 508 g/mol. The van der Waals surface area contributed by atoms with Crippen molar-refractivity contribution < 1.29 is 32.6 Å². The molecule has 0 aromatic heterocycles. The molecule has 0 fully saturated rings. The van der Waals surface area contributed by atoms with E-state index in [-0.39, 0.29) is 31.7 Å². The maximum Gasteiger partial charge on any atom is 0.336 e. The molecule has 3 N–H and O–H groups in total. The number of hydrogen-bond donors (Lipinski definition) is 3. The Hall–Kier alpha value is -3.24. The summed E-state index contributed by atoms with van der Waals surface area (Å²) in [6.45, 7) is 1.59. The van der Waals surface area contributed by atoms with Gasteiger partial charge in [0.05, 0.1) is 11.1 Å². The number of aryl methyl sites for hydroxylation is 1. The van der Waals surface area contributed by atoms with Gasteiger partial charge in [-0.05, 0) is 76.4 Å². The van der Waals surface area contributed by atoms with Crippen molar-refractivity contribution in [1.29, 1.82) is 0 Å². The van der Waals surface area contributed by atoms with Crippen LogP contribution in [0.4, 0.5) is 10.1 Å². The van der Waals surface area contributed by atoms with Gasteiger partial charge < -0.3 is 10.2 Å². The lowest BCUT2D eigenvalue weighted by molar-refractivity contribution is 0.0696. The summed E-state index contributed by atoms with van der Waals surface area (Å²) in [5.41, 5.74) is 0.581. The van der Waals surface area contributed by atoms with Gasteiger partial charge in [0.15, 0.2) is 0 Å². The molecule has 3 rings (SSSR count). The van der Waals surface area contributed by atoms with Crippen LogP contribution < -0.4 is 4.72 Å². The summed E-state index contributed by atoms with van der Waals surface area (Å²) in [5.74, 6) is -3.17. The predicted octanol–water partition coefficient (Wildman–Crippen LogP) is 4.76. The lowest BCUT2D eigenvalue weighted by Gasteiger charge is -2.13. The SMILES string of the molecule is Cc1cc(C(=O)O)c(-c2ccc(NS(=O)(=O)c3ccc(F)cc3Br)cc2)c(C(=O)O)c1. The summed E-state index contributed by atoms with van der Waals surface area (Å²) in [6.07, 6.45) is 0. The highest BCUT2D eigenvalue weighted by Gasteiger charge is 2.22. The molecule has 10 heteroatoms. The molecular weight excluding hydrogens is 493 g/mol. The Morgan fingerprint density at radius 1 is 0.935 bits per heavy atom. The summed E-state index contributed by atoms with van der Waals surface area (Å²) < 4.78 is 40.8. The van der Waals surface area contributed by atoms with E-state index in [1.54, 1.807) is 6.92 Å². The molecule has 0 saturated carbocycles. The number of hydrogen-bond acceptors (Lipinski definition) is 4. The van der Waals surface area contributed by atoms with Crippen LogP contribution in [0.15, 0.2) is 64.0 Å². The van der Waals surface area contributed by atoms with E-state index in [0.29, 0.717) is 11.1 Å². The first-order valence-electron chi connectivity index (χ1n) is 8.69. The highest BCUT2D eigenvalue weighted by atomic mass is 79.9. The smallest absolute Gasteiger partial charge is 0.336 e. The Kier molecular flexibility index (Phi) is 6.14. The highest BCUT2D eigenvalue weighted by molar-refractivity contribution is 9.10. The van der Waals surface area contributed by atoms with Crippen molar-refractivity contribution >= 4 is 43.6 Å². The molecule has 0 unspecified atom stereocenters. The molecule has 0 heterocycles. The number of rotatable bonds is 6. The van der Waals surface area contributed by atoms with Crippen molar-refractivity contribution in [3.63, 3.8) is 0 Å². The molecule has 0 bridgehead atoms. The van der Waals surface area contributed by atoms with Crippen molar-refractivity contribution in [2.45, 2.75) is 11.8 Å².